The molecule has 0 aromatic heterocycles. The van der Waals surface area contributed by atoms with Crippen LogP contribution in [0.2, 0.25) is 5.02 Å². The number of hydrogen-bond acceptors (Lipinski definition) is 4. The standard InChI is InChI=1S/C15H26ClN3O/c1-4-19(5-2)9-8-18-14(11-17)12-6-7-15(20-3)13(16)10-12/h6-7,10,14,18H,4-5,8-9,11,17H2,1-3H3. The Bertz CT molecular complexity index is 397. The molecule has 0 saturated carbocycles. The predicted molar refractivity (Wildman–Crippen MR) is 85.6 cm³/mol. The van der Waals surface area contributed by atoms with E-state index in [2.05, 4.69) is 24.1 Å². The predicted octanol–water partition coefficient (Wildman–Crippen LogP) is 2.28. The van der Waals surface area contributed by atoms with Crippen LogP contribution in [0.3, 0.4) is 0 Å². The summed E-state index contributed by atoms with van der Waals surface area (Å²) < 4.78 is 5.16. The van der Waals surface area contributed by atoms with Gasteiger partial charge in [0, 0.05) is 25.7 Å². The van der Waals surface area contributed by atoms with Crippen molar-refractivity contribution >= 4 is 11.6 Å². The highest BCUT2D eigenvalue weighted by atomic mass is 35.5. The molecule has 0 fully saturated rings. The maximum absolute atomic E-state index is 6.16. The van der Waals surface area contributed by atoms with E-state index in [1.165, 1.54) is 0 Å². The highest BCUT2D eigenvalue weighted by Crippen LogP contribution is 2.27. The van der Waals surface area contributed by atoms with Crippen LogP contribution in [-0.4, -0.2) is 44.7 Å². The number of benzene rings is 1. The number of nitrogens with zero attached hydrogens (tertiary/aromatic N) is 1. The minimum absolute atomic E-state index is 0.119. The molecule has 0 aliphatic heterocycles. The number of methoxy groups -OCH3 is 1. The van der Waals surface area contributed by atoms with E-state index in [1.54, 1.807) is 7.11 Å². The van der Waals surface area contributed by atoms with E-state index >= 15 is 0 Å². The van der Waals surface area contributed by atoms with E-state index in [0.29, 0.717) is 17.3 Å². The van der Waals surface area contributed by atoms with E-state index < -0.39 is 0 Å². The molecule has 114 valence electrons. The van der Waals surface area contributed by atoms with E-state index in [0.717, 1.165) is 31.7 Å². The molecule has 0 aliphatic rings. The van der Waals surface area contributed by atoms with Gasteiger partial charge in [0.25, 0.3) is 0 Å². The first-order chi connectivity index (χ1) is 9.65. The Balaban J connectivity index is 2.59. The molecule has 0 bridgehead atoms. The summed E-state index contributed by atoms with van der Waals surface area (Å²) in [7, 11) is 1.61. The second kappa shape index (κ2) is 9.19. The lowest BCUT2D eigenvalue weighted by Crippen LogP contribution is -2.36. The van der Waals surface area contributed by atoms with E-state index in [-0.39, 0.29) is 6.04 Å². The molecular weight excluding hydrogens is 274 g/mol. The van der Waals surface area contributed by atoms with Gasteiger partial charge >= 0.3 is 0 Å². The molecule has 20 heavy (non-hydrogen) atoms. The summed E-state index contributed by atoms with van der Waals surface area (Å²) in [6.07, 6.45) is 0. The van der Waals surface area contributed by atoms with Gasteiger partial charge in [-0.05, 0) is 30.8 Å². The molecule has 4 nitrogen and oxygen atoms in total. The maximum atomic E-state index is 6.16. The molecule has 0 saturated heterocycles. The van der Waals surface area contributed by atoms with Crippen molar-refractivity contribution in [1.29, 1.82) is 0 Å². The number of nitrogens with two attached hydrogens (primary N) is 1. The summed E-state index contributed by atoms with van der Waals surface area (Å²) >= 11 is 6.16. The molecule has 1 unspecified atom stereocenters. The van der Waals surface area contributed by atoms with Crippen LogP contribution in [0, 0.1) is 0 Å². The highest BCUT2D eigenvalue weighted by Gasteiger charge is 2.11. The van der Waals surface area contributed by atoms with Crippen LogP contribution in [0.25, 0.3) is 0 Å². The van der Waals surface area contributed by atoms with Crippen LogP contribution >= 0.6 is 11.6 Å². The second-order valence-electron chi connectivity index (χ2n) is 4.66. The van der Waals surface area contributed by atoms with Gasteiger partial charge in [-0.3, -0.25) is 0 Å². The summed E-state index contributed by atoms with van der Waals surface area (Å²) in [4.78, 5) is 2.38. The fraction of sp³-hybridized carbons (Fsp3) is 0.600. The zero-order chi connectivity index (χ0) is 15.0. The van der Waals surface area contributed by atoms with Gasteiger partial charge in [0.1, 0.15) is 5.75 Å². The lowest BCUT2D eigenvalue weighted by atomic mass is 10.1. The molecule has 0 heterocycles. The van der Waals surface area contributed by atoms with Crippen molar-refractivity contribution in [2.75, 3.05) is 39.8 Å². The normalized spacial score (nSPS) is 12.7. The van der Waals surface area contributed by atoms with Gasteiger partial charge in [0.05, 0.1) is 12.1 Å². The summed E-state index contributed by atoms with van der Waals surface area (Å²) in [5, 5.41) is 4.10. The van der Waals surface area contributed by atoms with Crippen molar-refractivity contribution in [2.24, 2.45) is 5.73 Å². The van der Waals surface area contributed by atoms with Crippen molar-refractivity contribution in [3.8, 4) is 5.75 Å². The lowest BCUT2D eigenvalue weighted by Gasteiger charge is -2.22. The molecule has 1 aromatic rings. The Morgan fingerprint density at radius 3 is 2.55 bits per heavy atom. The number of halogens is 1. The zero-order valence-corrected chi connectivity index (χ0v) is 13.4. The van der Waals surface area contributed by atoms with Crippen LogP contribution in [0.4, 0.5) is 0 Å². The smallest absolute Gasteiger partial charge is 0.137 e. The molecule has 0 spiro atoms. The molecule has 3 N–H and O–H groups in total. The first-order valence-corrected chi connectivity index (χ1v) is 7.53. The number of hydrogen-bond donors (Lipinski definition) is 2. The molecule has 0 radical (unpaired) electrons. The van der Waals surface area contributed by atoms with E-state index in [4.69, 9.17) is 22.1 Å². The van der Waals surface area contributed by atoms with Crippen LogP contribution in [0.5, 0.6) is 5.75 Å². The summed E-state index contributed by atoms with van der Waals surface area (Å²) in [5.74, 6) is 0.689. The third-order valence-corrected chi connectivity index (χ3v) is 3.82. The number of nitrogens with one attached hydrogen (secondary N) is 1. The van der Waals surface area contributed by atoms with E-state index in [9.17, 15) is 0 Å². The quantitative estimate of drug-likeness (QED) is 0.734. The lowest BCUT2D eigenvalue weighted by molar-refractivity contribution is 0.297. The fourth-order valence-electron chi connectivity index (χ4n) is 2.17. The van der Waals surface area contributed by atoms with Crippen molar-refractivity contribution in [1.82, 2.24) is 10.2 Å². The van der Waals surface area contributed by atoms with Crippen molar-refractivity contribution in [2.45, 2.75) is 19.9 Å². The second-order valence-corrected chi connectivity index (χ2v) is 5.07. The summed E-state index contributed by atoms with van der Waals surface area (Å²) in [6, 6.07) is 5.93. The molecule has 1 rings (SSSR count). The summed E-state index contributed by atoms with van der Waals surface area (Å²) in [6.45, 7) is 8.96. The molecule has 0 amide bonds. The topological polar surface area (TPSA) is 50.5 Å². The van der Waals surface area contributed by atoms with Crippen molar-refractivity contribution < 1.29 is 4.74 Å². The highest BCUT2D eigenvalue weighted by molar-refractivity contribution is 6.32. The van der Waals surface area contributed by atoms with Crippen LogP contribution < -0.4 is 15.8 Å². The van der Waals surface area contributed by atoms with Gasteiger partial charge in [-0.2, -0.15) is 0 Å². The fourth-order valence-corrected chi connectivity index (χ4v) is 2.44. The molecule has 1 aromatic carbocycles. The SMILES string of the molecule is CCN(CC)CCNC(CN)c1ccc(OC)c(Cl)c1. The Labute approximate surface area is 127 Å². The molecule has 5 heteroatoms. The average molecular weight is 300 g/mol. The third-order valence-electron chi connectivity index (χ3n) is 3.53. The van der Waals surface area contributed by atoms with Crippen LogP contribution in [0.1, 0.15) is 25.5 Å². The van der Waals surface area contributed by atoms with Crippen LogP contribution in [0.15, 0.2) is 18.2 Å². The van der Waals surface area contributed by atoms with Crippen LogP contribution in [-0.2, 0) is 0 Å². The van der Waals surface area contributed by atoms with Gasteiger partial charge in [-0.1, -0.05) is 31.5 Å². The van der Waals surface area contributed by atoms with Gasteiger partial charge in [-0.25, -0.2) is 0 Å². The van der Waals surface area contributed by atoms with Crippen molar-refractivity contribution in [3.63, 3.8) is 0 Å². The molecule has 0 aliphatic carbocycles. The Morgan fingerprint density at radius 2 is 2.05 bits per heavy atom. The zero-order valence-electron chi connectivity index (χ0n) is 12.7. The van der Waals surface area contributed by atoms with Gasteiger partial charge in [0.15, 0.2) is 0 Å². The minimum Gasteiger partial charge on any atom is -0.495 e. The molecular formula is C15H26ClN3O. The monoisotopic (exact) mass is 299 g/mol. The van der Waals surface area contributed by atoms with Gasteiger partial charge < -0.3 is 20.7 Å². The minimum atomic E-state index is 0.119. The van der Waals surface area contributed by atoms with Gasteiger partial charge in [0.2, 0.25) is 0 Å². The maximum Gasteiger partial charge on any atom is 0.137 e. The van der Waals surface area contributed by atoms with Crippen molar-refractivity contribution in [3.05, 3.63) is 28.8 Å². The number of likely N-dealkylation sites (N-methyl/N-ethyl adjacent to an activating group) is 1. The van der Waals surface area contributed by atoms with Gasteiger partial charge in [-0.15, -0.1) is 0 Å². The average Bonchev–Trinajstić information content (AvgIpc) is 2.47. The molecule has 1 atom stereocenters. The number of ether oxygens (including phenoxy) is 1. The Kier molecular flexibility index (Phi) is 7.92. The first kappa shape index (κ1) is 17.2. The van der Waals surface area contributed by atoms with E-state index in [1.807, 2.05) is 18.2 Å². The first-order valence-electron chi connectivity index (χ1n) is 7.15. The number of rotatable bonds is 9. The Hall–Kier alpha value is -0.810. The third kappa shape index (κ3) is 4.94. The summed E-state index contributed by atoms with van der Waals surface area (Å²) in [5.41, 5.74) is 6.95. The Morgan fingerprint density at radius 1 is 1.35 bits per heavy atom. The largest absolute Gasteiger partial charge is 0.495 e.